The monoisotopic (exact) mass is 275 g/mol. The van der Waals surface area contributed by atoms with E-state index in [0.29, 0.717) is 0 Å². The van der Waals surface area contributed by atoms with Gasteiger partial charge < -0.3 is 20.3 Å². The van der Waals surface area contributed by atoms with E-state index >= 15 is 0 Å². The van der Waals surface area contributed by atoms with E-state index in [-0.39, 0.29) is 25.8 Å². The summed E-state index contributed by atoms with van der Waals surface area (Å²) in [5.41, 5.74) is -0.606. The van der Waals surface area contributed by atoms with Crippen LogP contribution in [-0.4, -0.2) is 40.4 Å². The van der Waals surface area contributed by atoms with E-state index in [1.54, 1.807) is 20.8 Å². The maximum Gasteiger partial charge on any atom is 0.407 e. The Labute approximate surface area is 111 Å². The number of carboxylic acid groups (broad SMARTS) is 2. The number of amides is 1. The average molecular weight is 275 g/mol. The van der Waals surface area contributed by atoms with E-state index < -0.39 is 29.6 Å². The Balaban J connectivity index is 4.07. The zero-order chi connectivity index (χ0) is 15.1. The summed E-state index contributed by atoms with van der Waals surface area (Å²) in [6.45, 7) is 5.36. The molecule has 0 aromatic rings. The molecule has 0 rings (SSSR count). The number of nitrogens with one attached hydrogen (secondary N) is 1. The Morgan fingerprint density at radius 3 is 1.95 bits per heavy atom. The molecule has 0 aliphatic heterocycles. The van der Waals surface area contributed by atoms with Crippen molar-refractivity contribution >= 4 is 18.0 Å². The first kappa shape index (κ1) is 17.2. The molecule has 0 spiro atoms. The largest absolute Gasteiger partial charge is 0.481 e. The van der Waals surface area contributed by atoms with Crippen molar-refractivity contribution < 1.29 is 29.3 Å². The molecule has 0 unspecified atom stereocenters. The van der Waals surface area contributed by atoms with Gasteiger partial charge in [-0.25, -0.2) is 4.79 Å². The molecular weight excluding hydrogens is 254 g/mol. The van der Waals surface area contributed by atoms with E-state index in [2.05, 4.69) is 5.32 Å². The molecular formula is C12H21NO6. The van der Waals surface area contributed by atoms with E-state index in [1.165, 1.54) is 0 Å². The third kappa shape index (κ3) is 11.1. The minimum absolute atomic E-state index is 0.181. The smallest absolute Gasteiger partial charge is 0.407 e. The van der Waals surface area contributed by atoms with Gasteiger partial charge in [0.25, 0.3) is 0 Å². The van der Waals surface area contributed by atoms with E-state index in [1.807, 2.05) is 0 Å². The molecule has 0 atom stereocenters. The summed E-state index contributed by atoms with van der Waals surface area (Å²) in [6, 6.07) is 0. The van der Waals surface area contributed by atoms with Crippen molar-refractivity contribution in [3.05, 3.63) is 0 Å². The minimum atomic E-state index is -1.05. The van der Waals surface area contributed by atoms with Crippen molar-refractivity contribution in [2.24, 2.45) is 5.92 Å². The number of carbonyl (C=O) groups is 3. The van der Waals surface area contributed by atoms with Gasteiger partial charge in [0.2, 0.25) is 0 Å². The number of alkyl carbamates (subject to hydrolysis) is 1. The Hall–Kier alpha value is -1.79. The second-order valence-corrected chi connectivity index (χ2v) is 5.28. The number of carboxylic acids is 2. The normalized spacial score (nSPS) is 11.2. The van der Waals surface area contributed by atoms with Gasteiger partial charge in [0.05, 0.1) is 0 Å². The number of rotatable bonds is 7. The number of ether oxygens (including phenoxy) is 1. The molecule has 0 radical (unpaired) electrons. The number of hydrogen-bond acceptors (Lipinski definition) is 4. The van der Waals surface area contributed by atoms with Crippen molar-refractivity contribution in [2.45, 2.75) is 45.6 Å². The summed E-state index contributed by atoms with van der Waals surface area (Å²) in [5.74, 6) is -2.61. The van der Waals surface area contributed by atoms with Crippen molar-refractivity contribution in [3.8, 4) is 0 Å². The summed E-state index contributed by atoms with van der Waals surface area (Å²) in [6.07, 6.45) is -0.792. The highest BCUT2D eigenvalue weighted by Gasteiger charge is 2.19. The van der Waals surface area contributed by atoms with Crippen LogP contribution in [0.15, 0.2) is 0 Å². The molecule has 0 aliphatic carbocycles. The zero-order valence-electron chi connectivity index (χ0n) is 11.4. The molecule has 110 valence electrons. The predicted octanol–water partition coefficient (Wildman–Crippen LogP) is 1.47. The lowest BCUT2D eigenvalue weighted by Crippen LogP contribution is -2.33. The molecule has 0 saturated carbocycles. The Morgan fingerprint density at radius 1 is 1.11 bits per heavy atom. The van der Waals surface area contributed by atoms with Crippen LogP contribution in [0, 0.1) is 5.92 Å². The number of carbonyl (C=O) groups excluding carboxylic acids is 1. The van der Waals surface area contributed by atoms with Crippen LogP contribution in [0.4, 0.5) is 4.79 Å². The van der Waals surface area contributed by atoms with Crippen molar-refractivity contribution in [1.82, 2.24) is 5.32 Å². The molecule has 0 heterocycles. The van der Waals surface area contributed by atoms with Crippen molar-refractivity contribution in [1.29, 1.82) is 0 Å². The SMILES string of the molecule is CC(C)(C)OC(=O)NCCC(CC(=O)O)CC(=O)O. The van der Waals surface area contributed by atoms with Gasteiger partial charge in [0, 0.05) is 19.4 Å². The molecule has 7 nitrogen and oxygen atoms in total. The highest BCUT2D eigenvalue weighted by molar-refractivity contribution is 5.71. The van der Waals surface area contributed by atoms with Crippen molar-refractivity contribution in [2.75, 3.05) is 6.54 Å². The second-order valence-electron chi connectivity index (χ2n) is 5.28. The van der Waals surface area contributed by atoms with Crippen LogP contribution >= 0.6 is 0 Å². The minimum Gasteiger partial charge on any atom is -0.481 e. The van der Waals surface area contributed by atoms with E-state index in [0.717, 1.165) is 0 Å². The first-order valence-electron chi connectivity index (χ1n) is 6.00. The van der Waals surface area contributed by atoms with Crippen LogP contribution in [-0.2, 0) is 14.3 Å². The topological polar surface area (TPSA) is 113 Å². The molecule has 0 saturated heterocycles. The third-order valence-corrected chi connectivity index (χ3v) is 2.15. The van der Waals surface area contributed by atoms with Crippen LogP contribution in [0.25, 0.3) is 0 Å². The molecule has 0 aromatic carbocycles. The molecule has 0 bridgehead atoms. The van der Waals surface area contributed by atoms with Crippen LogP contribution in [0.1, 0.15) is 40.0 Å². The van der Waals surface area contributed by atoms with E-state index in [4.69, 9.17) is 14.9 Å². The van der Waals surface area contributed by atoms with Crippen molar-refractivity contribution in [3.63, 3.8) is 0 Å². The first-order chi connectivity index (χ1) is 8.60. The fourth-order valence-electron chi connectivity index (χ4n) is 1.46. The first-order valence-corrected chi connectivity index (χ1v) is 6.00. The Morgan fingerprint density at radius 2 is 1.58 bits per heavy atom. The van der Waals surface area contributed by atoms with E-state index in [9.17, 15) is 14.4 Å². The van der Waals surface area contributed by atoms with Gasteiger partial charge in [0.1, 0.15) is 5.60 Å². The van der Waals surface area contributed by atoms with Gasteiger partial charge in [0.15, 0.2) is 0 Å². The van der Waals surface area contributed by atoms with Crippen LogP contribution in [0.5, 0.6) is 0 Å². The highest BCUT2D eigenvalue weighted by atomic mass is 16.6. The molecule has 1 amide bonds. The summed E-state index contributed by atoms with van der Waals surface area (Å²) in [7, 11) is 0. The molecule has 19 heavy (non-hydrogen) atoms. The number of aliphatic carboxylic acids is 2. The maximum atomic E-state index is 11.3. The van der Waals surface area contributed by atoms with Gasteiger partial charge in [-0.3, -0.25) is 9.59 Å². The Bertz CT molecular complexity index is 318. The summed E-state index contributed by atoms with van der Waals surface area (Å²) in [4.78, 5) is 32.5. The van der Waals surface area contributed by atoms with Crippen LogP contribution in [0.3, 0.4) is 0 Å². The third-order valence-electron chi connectivity index (χ3n) is 2.15. The lowest BCUT2D eigenvalue weighted by atomic mass is 9.98. The lowest BCUT2D eigenvalue weighted by molar-refractivity contribution is -0.140. The highest BCUT2D eigenvalue weighted by Crippen LogP contribution is 2.13. The Kier molecular flexibility index (Phi) is 6.89. The fraction of sp³-hybridized carbons (Fsp3) is 0.750. The summed E-state index contributed by atoms with van der Waals surface area (Å²) < 4.78 is 5.00. The molecule has 7 heteroatoms. The molecule has 3 N–H and O–H groups in total. The average Bonchev–Trinajstić information content (AvgIpc) is 2.11. The molecule has 0 aromatic heterocycles. The quantitative estimate of drug-likeness (QED) is 0.648. The zero-order valence-corrected chi connectivity index (χ0v) is 11.4. The van der Waals surface area contributed by atoms with Crippen LogP contribution in [0.2, 0.25) is 0 Å². The van der Waals surface area contributed by atoms with Gasteiger partial charge in [-0.05, 0) is 33.1 Å². The maximum absolute atomic E-state index is 11.3. The standard InChI is InChI=1S/C12H21NO6/c1-12(2,3)19-11(18)13-5-4-8(6-9(14)15)7-10(16)17/h8H,4-7H2,1-3H3,(H,13,18)(H,14,15)(H,16,17). The summed E-state index contributed by atoms with van der Waals surface area (Å²) in [5, 5.41) is 19.8. The van der Waals surface area contributed by atoms with Gasteiger partial charge in [-0.1, -0.05) is 0 Å². The lowest BCUT2D eigenvalue weighted by Gasteiger charge is -2.20. The van der Waals surface area contributed by atoms with Gasteiger partial charge in [-0.15, -0.1) is 0 Å². The molecule has 0 aliphatic rings. The van der Waals surface area contributed by atoms with Gasteiger partial charge in [-0.2, -0.15) is 0 Å². The second kappa shape index (κ2) is 7.60. The number of hydrogen-bond donors (Lipinski definition) is 3. The summed E-state index contributed by atoms with van der Waals surface area (Å²) >= 11 is 0. The predicted molar refractivity (Wildman–Crippen MR) is 66.8 cm³/mol. The van der Waals surface area contributed by atoms with Crippen LogP contribution < -0.4 is 5.32 Å². The van der Waals surface area contributed by atoms with Gasteiger partial charge >= 0.3 is 18.0 Å². The molecule has 0 fully saturated rings. The fourth-order valence-corrected chi connectivity index (χ4v) is 1.46.